The first-order chi connectivity index (χ1) is 9.39. The van der Waals surface area contributed by atoms with Crippen molar-refractivity contribution in [3.8, 4) is 0 Å². The number of aliphatic carboxylic acids is 1. The Hall–Kier alpha value is -0.610. The lowest BCUT2D eigenvalue weighted by molar-refractivity contribution is -0.144. The summed E-state index contributed by atoms with van der Waals surface area (Å²) in [4.78, 5) is 13.9. The highest BCUT2D eigenvalue weighted by molar-refractivity contribution is 5.78. The normalized spacial score (nSPS) is 18.5. The lowest BCUT2D eigenvalue weighted by Gasteiger charge is -2.27. The molecule has 1 atom stereocenters. The molecule has 118 valence electrons. The number of rotatable bonds is 11. The molecule has 20 heavy (non-hydrogen) atoms. The van der Waals surface area contributed by atoms with E-state index in [0.717, 1.165) is 25.4 Å². The van der Waals surface area contributed by atoms with Crippen LogP contribution in [0.3, 0.4) is 0 Å². The third kappa shape index (κ3) is 5.80. The average Bonchev–Trinajstić information content (AvgIpc) is 3.17. The molecule has 0 aromatic heterocycles. The largest absolute Gasteiger partial charge is 0.480 e. The van der Waals surface area contributed by atoms with Crippen molar-refractivity contribution in [2.45, 2.75) is 71.4 Å². The molecule has 0 aromatic rings. The van der Waals surface area contributed by atoms with Gasteiger partial charge in [-0.15, -0.1) is 0 Å². The van der Waals surface area contributed by atoms with Crippen molar-refractivity contribution in [1.29, 1.82) is 0 Å². The van der Waals surface area contributed by atoms with E-state index in [9.17, 15) is 9.90 Å². The predicted molar refractivity (Wildman–Crippen MR) is 83.0 cm³/mol. The first-order valence-electron chi connectivity index (χ1n) is 8.11. The number of carboxylic acid groups (broad SMARTS) is 1. The van der Waals surface area contributed by atoms with Crippen molar-refractivity contribution in [2.24, 2.45) is 5.92 Å². The Morgan fingerprint density at radius 1 is 1.40 bits per heavy atom. The second-order valence-corrected chi connectivity index (χ2v) is 6.74. The number of unbranched alkanes of at least 4 members (excludes halogenated alkanes) is 1. The molecule has 1 saturated carbocycles. The van der Waals surface area contributed by atoms with Crippen molar-refractivity contribution < 1.29 is 9.90 Å². The molecule has 4 nitrogen and oxygen atoms in total. The highest BCUT2D eigenvalue weighted by Crippen LogP contribution is 2.28. The van der Waals surface area contributed by atoms with Crippen molar-refractivity contribution in [2.75, 3.05) is 19.6 Å². The van der Waals surface area contributed by atoms with Gasteiger partial charge in [-0.25, -0.2) is 0 Å². The number of carboxylic acids is 1. The number of hydrogen-bond acceptors (Lipinski definition) is 3. The van der Waals surface area contributed by atoms with Gasteiger partial charge in [-0.2, -0.15) is 0 Å². The van der Waals surface area contributed by atoms with E-state index in [2.05, 4.69) is 24.1 Å². The Kier molecular flexibility index (Phi) is 6.96. The SMILES string of the molecule is CCNC(C)(CCCCN(CC(C)C)C1CC1)C(=O)O. The lowest BCUT2D eigenvalue weighted by atomic mass is 9.94. The third-order valence-electron chi connectivity index (χ3n) is 4.07. The summed E-state index contributed by atoms with van der Waals surface area (Å²) in [6, 6.07) is 0.803. The van der Waals surface area contributed by atoms with Crippen LogP contribution in [0.5, 0.6) is 0 Å². The van der Waals surface area contributed by atoms with Crippen LogP contribution >= 0.6 is 0 Å². The van der Waals surface area contributed by atoms with Gasteiger partial charge < -0.3 is 15.3 Å². The van der Waals surface area contributed by atoms with E-state index < -0.39 is 11.5 Å². The van der Waals surface area contributed by atoms with Crippen LogP contribution in [0.25, 0.3) is 0 Å². The molecule has 2 N–H and O–H groups in total. The summed E-state index contributed by atoms with van der Waals surface area (Å²) in [6.07, 6.45) is 5.46. The Morgan fingerprint density at radius 3 is 2.50 bits per heavy atom. The van der Waals surface area contributed by atoms with Gasteiger partial charge in [0, 0.05) is 12.6 Å². The fourth-order valence-electron chi connectivity index (χ4n) is 2.79. The molecule has 0 bridgehead atoms. The van der Waals surface area contributed by atoms with Crippen LogP contribution in [0.4, 0.5) is 0 Å². The van der Waals surface area contributed by atoms with Crippen molar-refractivity contribution >= 4 is 5.97 Å². The maximum absolute atomic E-state index is 11.3. The monoisotopic (exact) mass is 284 g/mol. The van der Waals surface area contributed by atoms with Crippen molar-refractivity contribution in [1.82, 2.24) is 10.2 Å². The molecular formula is C16H32N2O2. The van der Waals surface area contributed by atoms with Crippen molar-refractivity contribution in [3.63, 3.8) is 0 Å². The highest BCUT2D eigenvalue weighted by Gasteiger charge is 2.32. The molecule has 1 unspecified atom stereocenters. The van der Waals surface area contributed by atoms with E-state index >= 15 is 0 Å². The Balaban J connectivity index is 2.29. The summed E-state index contributed by atoms with van der Waals surface area (Å²) in [5.74, 6) is -0.0257. The fraction of sp³-hybridized carbons (Fsp3) is 0.938. The van der Waals surface area contributed by atoms with Crippen LogP contribution in [0.1, 0.15) is 59.8 Å². The van der Waals surface area contributed by atoms with E-state index in [-0.39, 0.29) is 0 Å². The maximum atomic E-state index is 11.3. The fourth-order valence-corrected chi connectivity index (χ4v) is 2.79. The van der Waals surface area contributed by atoms with E-state index in [0.29, 0.717) is 18.9 Å². The van der Waals surface area contributed by atoms with E-state index in [4.69, 9.17) is 0 Å². The molecule has 0 heterocycles. The molecule has 0 saturated heterocycles. The maximum Gasteiger partial charge on any atom is 0.323 e. The lowest BCUT2D eigenvalue weighted by Crippen LogP contribution is -2.49. The molecule has 0 amide bonds. The molecule has 0 aliphatic heterocycles. The van der Waals surface area contributed by atoms with Gasteiger partial charge >= 0.3 is 5.97 Å². The Morgan fingerprint density at radius 2 is 2.05 bits per heavy atom. The van der Waals surface area contributed by atoms with Gasteiger partial charge in [0.2, 0.25) is 0 Å². The zero-order valence-electron chi connectivity index (χ0n) is 13.6. The highest BCUT2D eigenvalue weighted by atomic mass is 16.4. The van der Waals surface area contributed by atoms with Gasteiger partial charge in [0.25, 0.3) is 0 Å². The van der Waals surface area contributed by atoms with Crippen LogP contribution in [0.2, 0.25) is 0 Å². The van der Waals surface area contributed by atoms with E-state index in [1.165, 1.54) is 19.4 Å². The smallest absolute Gasteiger partial charge is 0.323 e. The molecular weight excluding hydrogens is 252 g/mol. The minimum atomic E-state index is -0.767. The standard InChI is InChI=1S/C16H32N2O2/c1-5-17-16(4,15(19)20)10-6-7-11-18(12-13(2)3)14-8-9-14/h13-14,17H,5-12H2,1-4H3,(H,19,20). The number of nitrogens with one attached hydrogen (secondary N) is 1. The first-order valence-corrected chi connectivity index (χ1v) is 8.11. The zero-order chi connectivity index (χ0) is 15.2. The van der Waals surface area contributed by atoms with Gasteiger partial charge in [-0.3, -0.25) is 4.79 Å². The molecule has 0 radical (unpaired) electrons. The molecule has 1 aliphatic rings. The summed E-state index contributed by atoms with van der Waals surface area (Å²) in [5.41, 5.74) is -0.767. The number of likely N-dealkylation sites (N-methyl/N-ethyl adjacent to an activating group) is 1. The summed E-state index contributed by atoms with van der Waals surface area (Å²) in [7, 11) is 0. The quantitative estimate of drug-likeness (QED) is 0.573. The van der Waals surface area contributed by atoms with Crippen molar-refractivity contribution in [3.05, 3.63) is 0 Å². The minimum Gasteiger partial charge on any atom is -0.480 e. The van der Waals surface area contributed by atoms with Crippen LogP contribution in [-0.4, -0.2) is 47.2 Å². The Labute approximate surface area is 123 Å². The van der Waals surface area contributed by atoms with Crippen LogP contribution in [0.15, 0.2) is 0 Å². The van der Waals surface area contributed by atoms with Crippen LogP contribution in [-0.2, 0) is 4.79 Å². The van der Waals surface area contributed by atoms with E-state index in [1.807, 2.05) is 6.92 Å². The second-order valence-electron chi connectivity index (χ2n) is 6.74. The molecule has 4 heteroatoms. The van der Waals surface area contributed by atoms with Gasteiger partial charge in [0.15, 0.2) is 0 Å². The number of hydrogen-bond donors (Lipinski definition) is 2. The van der Waals surface area contributed by atoms with Crippen LogP contribution in [0, 0.1) is 5.92 Å². The van der Waals surface area contributed by atoms with Gasteiger partial charge in [-0.1, -0.05) is 20.8 Å². The second kappa shape index (κ2) is 7.99. The molecule has 0 spiro atoms. The van der Waals surface area contributed by atoms with Gasteiger partial charge in [-0.05, 0) is 58.0 Å². The first kappa shape index (κ1) is 17.4. The Bertz CT molecular complexity index is 303. The molecule has 1 fully saturated rings. The minimum absolute atomic E-state index is 0.699. The number of nitrogens with zero attached hydrogens (tertiary/aromatic N) is 1. The van der Waals surface area contributed by atoms with E-state index in [1.54, 1.807) is 6.92 Å². The summed E-state index contributed by atoms with van der Waals surface area (Å²) < 4.78 is 0. The molecule has 0 aromatic carbocycles. The number of carbonyl (C=O) groups is 1. The molecule has 1 aliphatic carbocycles. The summed E-state index contributed by atoms with van der Waals surface area (Å²) in [6.45, 7) is 11.3. The summed E-state index contributed by atoms with van der Waals surface area (Å²) >= 11 is 0. The summed E-state index contributed by atoms with van der Waals surface area (Å²) in [5, 5.41) is 12.4. The van der Waals surface area contributed by atoms with Crippen LogP contribution < -0.4 is 5.32 Å². The predicted octanol–water partition coefficient (Wildman–Crippen LogP) is 2.73. The zero-order valence-corrected chi connectivity index (χ0v) is 13.6. The van der Waals surface area contributed by atoms with Gasteiger partial charge in [0.05, 0.1) is 0 Å². The average molecular weight is 284 g/mol. The molecule has 1 rings (SSSR count). The topological polar surface area (TPSA) is 52.6 Å². The third-order valence-corrected chi connectivity index (χ3v) is 4.07. The van der Waals surface area contributed by atoms with Gasteiger partial charge in [0.1, 0.15) is 5.54 Å².